The van der Waals surface area contributed by atoms with Crippen molar-refractivity contribution in [2.75, 3.05) is 19.8 Å². The number of aliphatic hydroxyl groups excluding tert-OH is 10. The molecule has 0 aromatic heterocycles. The van der Waals surface area contributed by atoms with Crippen LogP contribution in [0.2, 0.25) is 0 Å². The van der Waals surface area contributed by atoms with Crippen LogP contribution < -0.4 is 0 Å². The van der Waals surface area contributed by atoms with Crippen molar-refractivity contribution in [2.24, 2.45) is 50.2 Å². The Morgan fingerprint density at radius 2 is 1.29 bits per heavy atom. The van der Waals surface area contributed by atoms with Gasteiger partial charge in [0.15, 0.2) is 12.6 Å². The predicted molar refractivity (Wildman–Crippen MR) is 226 cm³/mol. The van der Waals surface area contributed by atoms with Gasteiger partial charge in [-0.3, -0.25) is 9.59 Å². The Hall–Kier alpha value is -1.92. The minimum absolute atomic E-state index is 0.130. The lowest BCUT2D eigenvalue weighted by molar-refractivity contribution is -0.367. The van der Waals surface area contributed by atoms with Crippen LogP contribution in [0.4, 0.5) is 0 Å². The Kier molecular flexibility index (Phi) is 13.6. The minimum Gasteiger partial charge on any atom is -0.481 e. The Bertz CT molecular complexity index is 1840. The monoisotopic (exact) mass is 942 g/mol. The highest BCUT2D eigenvalue weighted by Crippen LogP contribution is 2.76. The van der Waals surface area contributed by atoms with E-state index in [0.29, 0.717) is 25.7 Å². The third kappa shape index (κ3) is 7.64. The number of aliphatic carboxylic acids is 1. The van der Waals surface area contributed by atoms with Crippen LogP contribution in [-0.2, 0) is 38.0 Å². The number of aliphatic hydroxyl groups is 10. The molecule has 0 spiro atoms. The predicted octanol–water partition coefficient (Wildman–Crippen LogP) is -0.156. The molecule has 0 aromatic carbocycles. The molecular weight excluding hydrogens is 868 g/mol. The molecule has 8 aliphatic rings. The van der Waals surface area contributed by atoms with Crippen molar-refractivity contribution in [3.8, 4) is 0 Å². The summed E-state index contributed by atoms with van der Waals surface area (Å²) in [7, 11) is 0. The molecule has 3 heterocycles. The molecule has 8 rings (SSSR count). The van der Waals surface area contributed by atoms with Gasteiger partial charge in [-0.1, -0.05) is 46.3 Å². The summed E-state index contributed by atoms with van der Waals surface area (Å²) >= 11 is 0. The zero-order valence-electron chi connectivity index (χ0n) is 38.8. The van der Waals surface area contributed by atoms with E-state index in [2.05, 4.69) is 40.7 Å². The molecule has 11 N–H and O–H groups in total. The van der Waals surface area contributed by atoms with Crippen molar-refractivity contribution >= 4 is 11.9 Å². The van der Waals surface area contributed by atoms with Crippen LogP contribution in [0.1, 0.15) is 106 Å². The third-order valence-corrected chi connectivity index (χ3v) is 19.2. The minimum atomic E-state index is -1.78. The molecule has 4 saturated carbocycles. The molecule has 0 aromatic rings. The fourth-order valence-corrected chi connectivity index (χ4v) is 14.8. The zero-order chi connectivity index (χ0) is 48.3. The number of hydrogen-bond donors (Lipinski definition) is 11. The van der Waals surface area contributed by atoms with Crippen LogP contribution in [0, 0.1) is 50.2 Å². The van der Waals surface area contributed by atoms with E-state index in [1.807, 2.05) is 0 Å². The number of rotatable bonds is 9. The summed E-state index contributed by atoms with van der Waals surface area (Å²) in [5.41, 5.74) is -2.66. The van der Waals surface area contributed by atoms with E-state index in [0.717, 1.165) is 24.8 Å². The first kappa shape index (κ1) is 50.5. The molecule has 3 saturated heterocycles. The smallest absolute Gasteiger partial charge is 0.315 e. The normalized spacial score (nSPS) is 53.5. The van der Waals surface area contributed by atoms with Crippen molar-refractivity contribution in [2.45, 2.75) is 198 Å². The molecular formula is C47H74O19. The second-order valence-corrected chi connectivity index (χ2v) is 22.7. The van der Waals surface area contributed by atoms with Crippen LogP contribution in [0.15, 0.2) is 11.6 Å². The summed E-state index contributed by atoms with van der Waals surface area (Å²) < 4.78 is 35.8. The molecule has 5 aliphatic carbocycles. The van der Waals surface area contributed by atoms with Gasteiger partial charge in [0.1, 0.15) is 67.1 Å². The standard InChI is InChI=1S/C47H74O19/c1-42(2)26-9-12-46(6)27(44(26,4)11-10-28(42)64-39-36(29(51)23(50)20-61-39)65-37-34(56)32(54)30(52)24(18-48)62-37)8-7-21-22-17-43(3,40(58)59)13-15-47(22,16-14-45(21,46)5)41(60)66-38-35(57)33(55)31(53)25(19-49)63-38/h7,22-39,48-57H,8-20H2,1-6H3,(H,58,59)/t22?,23?,24?,25?,26?,27?,28-,29?,30?,31?,32?,33?,34?,35?,36?,37?,38?,39?,43?,44-,45+,46+,47-/m1/s1. The number of carboxylic acid groups (broad SMARTS) is 1. The molecule has 0 bridgehead atoms. The van der Waals surface area contributed by atoms with Gasteiger partial charge in [0.2, 0.25) is 6.29 Å². The summed E-state index contributed by atoms with van der Waals surface area (Å²) in [6.07, 6.45) is -14.4. The number of allylic oxidation sites excluding steroid dienone is 2. The lowest BCUT2D eigenvalue weighted by atomic mass is 9.33. The van der Waals surface area contributed by atoms with E-state index in [4.69, 9.17) is 28.4 Å². The summed E-state index contributed by atoms with van der Waals surface area (Å²) in [5.74, 6) is -1.83. The number of fused-ring (bicyclic) bond motifs is 7. The summed E-state index contributed by atoms with van der Waals surface area (Å²) in [6.45, 7) is 11.4. The zero-order valence-corrected chi connectivity index (χ0v) is 38.8. The topological polar surface area (TPSA) is 312 Å². The van der Waals surface area contributed by atoms with Gasteiger partial charge in [0.05, 0.1) is 36.8 Å². The highest BCUT2D eigenvalue weighted by atomic mass is 16.8. The Labute approximate surface area is 385 Å². The number of carboxylic acids is 1. The third-order valence-electron chi connectivity index (χ3n) is 19.2. The molecule has 0 amide bonds. The molecule has 18 unspecified atom stereocenters. The van der Waals surface area contributed by atoms with Gasteiger partial charge in [-0.2, -0.15) is 0 Å². The van der Waals surface area contributed by atoms with Crippen molar-refractivity contribution in [3.05, 3.63) is 11.6 Å². The van der Waals surface area contributed by atoms with Crippen molar-refractivity contribution < 1.29 is 94.2 Å². The summed E-state index contributed by atoms with van der Waals surface area (Å²) in [6, 6.07) is 0. The average Bonchev–Trinajstić information content (AvgIpc) is 3.27. The van der Waals surface area contributed by atoms with Gasteiger partial charge in [-0.25, -0.2) is 0 Å². The lowest BCUT2D eigenvalue weighted by Gasteiger charge is -2.71. The fourth-order valence-electron chi connectivity index (χ4n) is 14.8. The van der Waals surface area contributed by atoms with Crippen LogP contribution in [0.25, 0.3) is 0 Å². The molecule has 23 atom stereocenters. The number of ether oxygens (including phenoxy) is 6. The van der Waals surface area contributed by atoms with Crippen LogP contribution >= 0.6 is 0 Å². The second-order valence-electron chi connectivity index (χ2n) is 22.7. The number of carbonyl (C=O) groups excluding carboxylic acids is 1. The quantitative estimate of drug-likeness (QED) is 0.0813. The second kappa shape index (κ2) is 17.7. The van der Waals surface area contributed by atoms with Crippen LogP contribution in [0.3, 0.4) is 0 Å². The fraction of sp³-hybridized carbons (Fsp3) is 0.915. The average molecular weight is 943 g/mol. The van der Waals surface area contributed by atoms with Gasteiger partial charge in [-0.15, -0.1) is 0 Å². The van der Waals surface area contributed by atoms with Gasteiger partial charge in [0.25, 0.3) is 0 Å². The van der Waals surface area contributed by atoms with Gasteiger partial charge in [-0.05, 0) is 111 Å². The number of carbonyl (C=O) groups is 2. The first-order valence-corrected chi connectivity index (χ1v) is 23.9. The van der Waals surface area contributed by atoms with Gasteiger partial charge < -0.3 is 84.6 Å². The van der Waals surface area contributed by atoms with Crippen molar-refractivity contribution in [1.82, 2.24) is 0 Å². The van der Waals surface area contributed by atoms with Crippen LogP contribution in [0.5, 0.6) is 0 Å². The lowest BCUT2D eigenvalue weighted by Crippen LogP contribution is -2.66. The van der Waals surface area contributed by atoms with Crippen molar-refractivity contribution in [1.29, 1.82) is 0 Å². The molecule has 66 heavy (non-hydrogen) atoms. The number of esters is 1. The van der Waals surface area contributed by atoms with E-state index >= 15 is 0 Å². The highest BCUT2D eigenvalue weighted by molar-refractivity contribution is 5.81. The summed E-state index contributed by atoms with van der Waals surface area (Å²) in [5, 5.41) is 115. The maximum atomic E-state index is 14.7. The first-order chi connectivity index (χ1) is 30.8. The maximum Gasteiger partial charge on any atom is 0.315 e. The van der Waals surface area contributed by atoms with E-state index in [1.165, 1.54) is 0 Å². The largest absolute Gasteiger partial charge is 0.481 e. The Morgan fingerprint density at radius 3 is 1.91 bits per heavy atom. The molecule has 0 radical (unpaired) electrons. The maximum absolute atomic E-state index is 14.7. The van der Waals surface area contributed by atoms with Crippen molar-refractivity contribution in [3.63, 3.8) is 0 Å². The molecule has 376 valence electrons. The molecule has 19 heteroatoms. The van der Waals surface area contributed by atoms with Crippen LogP contribution in [-0.4, -0.2) is 180 Å². The van der Waals surface area contributed by atoms with E-state index < -0.39 is 145 Å². The van der Waals surface area contributed by atoms with Gasteiger partial charge >= 0.3 is 11.9 Å². The van der Waals surface area contributed by atoms with Gasteiger partial charge in [0, 0.05) is 0 Å². The molecule has 19 nitrogen and oxygen atoms in total. The van der Waals surface area contributed by atoms with E-state index in [9.17, 15) is 65.8 Å². The molecule has 3 aliphatic heterocycles. The Balaban J connectivity index is 1.05. The van der Waals surface area contributed by atoms with E-state index in [1.54, 1.807) is 6.92 Å². The van der Waals surface area contributed by atoms with E-state index in [-0.39, 0.29) is 48.5 Å². The Morgan fingerprint density at radius 1 is 0.682 bits per heavy atom. The number of hydrogen-bond acceptors (Lipinski definition) is 18. The first-order valence-electron chi connectivity index (χ1n) is 23.9. The molecule has 7 fully saturated rings. The summed E-state index contributed by atoms with van der Waals surface area (Å²) in [4.78, 5) is 27.6. The highest BCUT2D eigenvalue weighted by Gasteiger charge is 2.70. The SMILES string of the molecule is CC1(C(=O)O)CC[C@@]2(C(=O)OC3OC(CO)C(O)C(O)C3O)CC[C@@]3(C)C(=CCC4[C@]5(C)CC[C@@H](OC6OCC(O)C(O)C6OC6OC(CO)C(O)C(O)C6O)C(C)(C)C5CC[C@@]43C)C2C1.